The predicted octanol–water partition coefficient (Wildman–Crippen LogP) is 1.73. The fourth-order valence-corrected chi connectivity index (χ4v) is 3.16. The van der Waals surface area contributed by atoms with Gasteiger partial charge in [0.2, 0.25) is 5.91 Å². The Bertz CT molecular complexity index is 739. The van der Waals surface area contributed by atoms with Gasteiger partial charge in [0.1, 0.15) is 0 Å². The molecular formula is C18H22N4O2. The number of nitrogens with one attached hydrogen (secondary N) is 2. The molecule has 3 rings (SSSR count). The van der Waals surface area contributed by atoms with E-state index in [1.165, 1.54) is 0 Å². The second kappa shape index (κ2) is 6.86. The number of carbonyl (C=O) groups is 2. The van der Waals surface area contributed by atoms with Gasteiger partial charge in [0.25, 0.3) is 5.91 Å². The van der Waals surface area contributed by atoms with Crippen LogP contribution in [0.25, 0.3) is 0 Å². The first kappa shape index (κ1) is 16.2. The molecule has 6 heteroatoms. The van der Waals surface area contributed by atoms with Crippen LogP contribution in [-0.2, 0) is 18.3 Å². The number of nitrogens with zero attached hydrogens (tertiary/aromatic N) is 2. The third kappa shape index (κ3) is 3.32. The predicted molar refractivity (Wildman–Crippen MR) is 90.4 cm³/mol. The molecule has 1 aliphatic heterocycles. The Hall–Kier alpha value is -2.63. The van der Waals surface area contributed by atoms with Gasteiger partial charge in [0.15, 0.2) is 0 Å². The summed E-state index contributed by atoms with van der Waals surface area (Å²) in [5.74, 6) is -0.119. The standard InChI is InChI=1S/C18H22N4O2/c1-3-14-13(11-22(2)21-14)18(24)19-15-9-10-16(23)20-17(15)12-7-5-4-6-8-12/h4-8,11,15,17H,3,9-10H2,1-2H3,(H,19,24)(H,20,23)/t15-,17+/m1/s1. The number of piperidine rings is 1. The van der Waals surface area contributed by atoms with Crippen LogP contribution in [0.4, 0.5) is 0 Å². The number of hydrogen-bond acceptors (Lipinski definition) is 3. The first-order valence-corrected chi connectivity index (χ1v) is 8.26. The summed E-state index contributed by atoms with van der Waals surface area (Å²) in [6.45, 7) is 1.98. The zero-order chi connectivity index (χ0) is 17.1. The van der Waals surface area contributed by atoms with E-state index in [-0.39, 0.29) is 23.9 Å². The lowest BCUT2D eigenvalue weighted by molar-refractivity contribution is -0.123. The Labute approximate surface area is 141 Å². The van der Waals surface area contributed by atoms with Gasteiger partial charge in [0, 0.05) is 19.7 Å². The Kier molecular flexibility index (Phi) is 4.64. The summed E-state index contributed by atoms with van der Waals surface area (Å²) < 4.78 is 1.66. The fourth-order valence-electron chi connectivity index (χ4n) is 3.16. The van der Waals surface area contributed by atoms with Crippen LogP contribution in [0.15, 0.2) is 36.5 Å². The number of hydrogen-bond donors (Lipinski definition) is 2. The summed E-state index contributed by atoms with van der Waals surface area (Å²) >= 11 is 0. The Balaban J connectivity index is 1.81. The van der Waals surface area contributed by atoms with Crippen molar-refractivity contribution in [3.63, 3.8) is 0 Å². The molecule has 1 saturated heterocycles. The molecule has 126 valence electrons. The van der Waals surface area contributed by atoms with Crippen molar-refractivity contribution in [3.05, 3.63) is 53.3 Å². The maximum atomic E-state index is 12.7. The Morgan fingerprint density at radius 2 is 2.12 bits per heavy atom. The maximum Gasteiger partial charge on any atom is 0.255 e. The van der Waals surface area contributed by atoms with E-state index < -0.39 is 0 Å². The summed E-state index contributed by atoms with van der Waals surface area (Å²) in [7, 11) is 1.81. The molecule has 2 atom stereocenters. The number of aromatic nitrogens is 2. The number of rotatable bonds is 4. The van der Waals surface area contributed by atoms with E-state index in [9.17, 15) is 9.59 Å². The van der Waals surface area contributed by atoms with Crippen molar-refractivity contribution in [1.29, 1.82) is 0 Å². The lowest BCUT2D eigenvalue weighted by Gasteiger charge is -2.33. The quantitative estimate of drug-likeness (QED) is 0.898. The summed E-state index contributed by atoms with van der Waals surface area (Å²) in [5.41, 5.74) is 2.38. The highest BCUT2D eigenvalue weighted by Crippen LogP contribution is 2.24. The second-order valence-electron chi connectivity index (χ2n) is 6.09. The minimum absolute atomic E-state index is 0.0185. The average Bonchev–Trinajstić information content (AvgIpc) is 2.98. The summed E-state index contributed by atoms with van der Waals surface area (Å²) in [4.78, 5) is 24.5. The van der Waals surface area contributed by atoms with Crippen molar-refractivity contribution in [2.75, 3.05) is 0 Å². The molecule has 0 aliphatic carbocycles. The fraction of sp³-hybridized carbons (Fsp3) is 0.389. The molecule has 2 amide bonds. The van der Waals surface area contributed by atoms with E-state index in [4.69, 9.17) is 0 Å². The number of aryl methyl sites for hydroxylation is 2. The van der Waals surface area contributed by atoms with Crippen LogP contribution < -0.4 is 10.6 Å². The minimum Gasteiger partial charge on any atom is -0.347 e. The van der Waals surface area contributed by atoms with Gasteiger partial charge >= 0.3 is 0 Å². The SMILES string of the molecule is CCc1nn(C)cc1C(=O)N[C@@H]1CCC(=O)N[C@H]1c1ccccc1. The van der Waals surface area contributed by atoms with Crippen LogP contribution in [0.1, 0.15) is 47.4 Å². The van der Waals surface area contributed by atoms with Gasteiger partial charge in [-0.3, -0.25) is 14.3 Å². The maximum absolute atomic E-state index is 12.7. The first-order valence-electron chi connectivity index (χ1n) is 8.26. The molecule has 2 aromatic rings. The van der Waals surface area contributed by atoms with E-state index in [2.05, 4.69) is 15.7 Å². The molecule has 0 unspecified atom stereocenters. The van der Waals surface area contributed by atoms with Crippen LogP contribution >= 0.6 is 0 Å². The zero-order valence-corrected chi connectivity index (χ0v) is 14.0. The van der Waals surface area contributed by atoms with Crippen LogP contribution in [0, 0.1) is 0 Å². The molecule has 0 saturated carbocycles. The van der Waals surface area contributed by atoms with Crippen LogP contribution in [-0.4, -0.2) is 27.6 Å². The van der Waals surface area contributed by atoms with Crippen molar-refractivity contribution < 1.29 is 9.59 Å². The number of carbonyl (C=O) groups excluding carboxylic acids is 2. The molecule has 1 aliphatic rings. The van der Waals surface area contributed by atoms with E-state index in [0.29, 0.717) is 24.8 Å². The van der Waals surface area contributed by atoms with Crippen LogP contribution in [0.3, 0.4) is 0 Å². The summed E-state index contributed by atoms with van der Waals surface area (Å²) in [6, 6.07) is 9.40. The minimum atomic E-state index is -0.210. The molecule has 2 heterocycles. The highest BCUT2D eigenvalue weighted by atomic mass is 16.2. The van der Waals surface area contributed by atoms with Gasteiger partial charge < -0.3 is 10.6 Å². The molecule has 0 spiro atoms. The van der Waals surface area contributed by atoms with E-state index in [0.717, 1.165) is 11.3 Å². The number of amides is 2. The monoisotopic (exact) mass is 326 g/mol. The van der Waals surface area contributed by atoms with Gasteiger partial charge in [-0.05, 0) is 18.4 Å². The zero-order valence-electron chi connectivity index (χ0n) is 14.0. The van der Waals surface area contributed by atoms with E-state index >= 15 is 0 Å². The normalized spacial score (nSPS) is 20.5. The van der Waals surface area contributed by atoms with Gasteiger partial charge in [0.05, 0.1) is 23.3 Å². The lowest BCUT2D eigenvalue weighted by atomic mass is 9.91. The molecular weight excluding hydrogens is 304 g/mol. The van der Waals surface area contributed by atoms with Gasteiger partial charge in [-0.1, -0.05) is 37.3 Å². The molecule has 1 fully saturated rings. The van der Waals surface area contributed by atoms with Crippen molar-refractivity contribution in [2.45, 2.75) is 38.3 Å². The number of benzene rings is 1. The Morgan fingerprint density at radius 3 is 2.83 bits per heavy atom. The van der Waals surface area contributed by atoms with Gasteiger partial charge in [-0.25, -0.2) is 0 Å². The Morgan fingerprint density at radius 1 is 1.38 bits per heavy atom. The lowest BCUT2D eigenvalue weighted by Crippen LogP contribution is -2.50. The largest absolute Gasteiger partial charge is 0.347 e. The van der Waals surface area contributed by atoms with Crippen molar-refractivity contribution in [1.82, 2.24) is 20.4 Å². The summed E-state index contributed by atoms with van der Waals surface area (Å²) in [6.07, 6.45) is 3.49. The van der Waals surface area contributed by atoms with Crippen molar-refractivity contribution in [3.8, 4) is 0 Å². The van der Waals surface area contributed by atoms with Crippen LogP contribution in [0.5, 0.6) is 0 Å². The van der Waals surface area contributed by atoms with Gasteiger partial charge in [-0.15, -0.1) is 0 Å². The van der Waals surface area contributed by atoms with Gasteiger partial charge in [-0.2, -0.15) is 5.10 Å². The molecule has 1 aromatic heterocycles. The van der Waals surface area contributed by atoms with Crippen molar-refractivity contribution in [2.24, 2.45) is 7.05 Å². The third-order valence-corrected chi connectivity index (χ3v) is 4.36. The molecule has 24 heavy (non-hydrogen) atoms. The topological polar surface area (TPSA) is 76.0 Å². The highest BCUT2D eigenvalue weighted by molar-refractivity contribution is 5.95. The van der Waals surface area contributed by atoms with Crippen LogP contribution in [0.2, 0.25) is 0 Å². The molecule has 0 bridgehead atoms. The average molecular weight is 326 g/mol. The molecule has 0 radical (unpaired) electrons. The molecule has 6 nitrogen and oxygen atoms in total. The summed E-state index contributed by atoms with van der Waals surface area (Å²) in [5, 5.41) is 10.4. The smallest absolute Gasteiger partial charge is 0.255 e. The third-order valence-electron chi connectivity index (χ3n) is 4.36. The first-order chi connectivity index (χ1) is 11.6. The van der Waals surface area contributed by atoms with E-state index in [1.807, 2.05) is 44.3 Å². The second-order valence-corrected chi connectivity index (χ2v) is 6.09. The van der Waals surface area contributed by atoms with Crippen molar-refractivity contribution >= 4 is 11.8 Å². The molecule has 1 aromatic carbocycles. The highest BCUT2D eigenvalue weighted by Gasteiger charge is 2.31. The van der Waals surface area contributed by atoms with E-state index in [1.54, 1.807) is 10.9 Å². The molecule has 2 N–H and O–H groups in total.